The molecule has 2 aliphatic rings. The fraction of sp³-hybridized carbons (Fsp3) is 0.500. The molecule has 0 spiro atoms. The monoisotopic (exact) mass is 423 g/mol. The van der Waals surface area contributed by atoms with Gasteiger partial charge in [-0.15, -0.1) is 0 Å². The third-order valence-corrected chi connectivity index (χ3v) is 6.34. The highest BCUT2D eigenvalue weighted by atomic mass is 16.5. The maximum atomic E-state index is 12.6. The van der Waals surface area contributed by atoms with Crippen LogP contribution in [0.15, 0.2) is 46.3 Å². The number of nitrogens with one attached hydrogen (secondary N) is 2. The van der Waals surface area contributed by atoms with Gasteiger partial charge in [0, 0.05) is 31.9 Å². The van der Waals surface area contributed by atoms with Crippen molar-refractivity contribution in [1.82, 2.24) is 9.88 Å². The summed E-state index contributed by atoms with van der Waals surface area (Å²) in [7, 11) is 0. The quantitative estimate of drug-likeness (QED) is 0.490. The van der Waals surface area contributed by atoms with Gasteiger partial charge in [0.2, 0.25) is 0 Å². The number of pyridine rings is 1. The molecule has 2 atom stereocenters. The number of nitrogens with two attached hydrogens (primary N) is 1. The van der Waals surface area contributed by atoms with Gasteiger partial charge in [0.15, 0.2) is 0 Å². The molecule has 4 rings (SSSR count). The highest BCUT2D eigenvalue weighted by molar-refractivity contribution is 6.03. The Morgan fingerprint density at radius 2 is 2.06 bits per heavy atom. The molecule has 0 radical (unpaired) electrons. The van der Waals surface area contributed by atoms with E-state index in [0.717, 1.165) is 50.6 Å². The molecule has 31 heavy (non-hydrogen) atoms. The average Bonchev–Trinajstić information content (AvgIpc) is 2.76. The van der Waals surface area contributed by atoms with Crippen LogP contribution in [0, 0.1) is 5.92 Å². The Morgan fingerprint density at radius 3 is 2.87 bits per heavy atom. The fourth-order valence-corrected chi connectivity index (χ4v) is 4.52. The van der Waals surface area contributed by atoms with Gasteiger partial charge in [-0.05, 0) is 42.5 Å². The molecule has 1 saturated carbocycles. The number of hydrogen-bond acceptors (Lipinski definition) is 5. The molecule has 2 fully saturated rings. The number of anilines is 1. The van der Waals surface area contributed by atoms with Crippen LogP contribution in [0.3, 0.4) is 0 Å². The lowest BCUT2D eigenvalue weighted by Crippen LogP contribution is -2.35. The van der Waals surface area contributed by atoms with Crippen molar-refractivity contribution in [1.29, 1.82) is 0 Å². The fourth-order valence-electron chi connectivity index (χ4n) is 4.52. The molecule has 0 amide bonds. The van der Waals surface area contributed by atoms with Crippen molar-refractivity contribution >= 4 is 17.2 Å². The number of rotatable bonds is 6. The smallest absolute Gasteiger partial charge is 0.261 e. The maximum absolute atomic E-state index is 12.6. The molecule has 1 aromatic carbocycles. The minimum absolute atomic E-state index is 0.223. The predicted octanol–water partition coefficient (Wildman–Crippen LogP) is 3.23. The van der Waals surface area contributed by atoms with E-state index in [9.17, 15) is 4.79 Å². The number of amidine groups is 1. The van der Waals surface area contributed by atoms with Crippen molar-refractivity contribution in [2.75, 3.05) is 31.6 Å². The van der Waals surface area contributed by atoms with E-state index in [4.69, 9.17) is 10.5 Å². The Bertz CT molecular complexity index is 964. The summed E-state index contributed by atoms with van der Waals surface area (Å²) in [6, 6.07) is 10.3. The van der Waals surface area contributed by atoms with E-state index in [1.807, 2.05) is 24.3 Å². The van der Waals surface area contributed by atoms with Gasteiger partial charge in [-0.3, -0.25) is 9.69 Å². The van der Waals surface area contributed by atoms with Crippen LogP contribution in [0.4, 0.5) is 11.4 Å². The third kappa shape index (κ3) is 5.54. The third-order valence-electron chi connectivity index (χ3n) is 6.34. The van der Waals surface area contributed by atoms with Crippen molar-refractivity contribution in [3.05, 3.63) is 58.0 Å². The molecule has 1 aliphatic heterocycles. The van der Waals surface area contributed by atoms with Crippen LogP contribution < -0.4 is 16.6 Å². The van der Waals surface area contributed by atoms with Crippen LogP contribution in [-0.4, -0.2) is 48.1 Å². The molecular weight excluding hydrogens is 390 g/mol. The Labute approximate surface area is 183 Å². The Balaban J connectivity index is 1.55. The Hall–Kier alpha value is -2.64. The Morgan fingerprint density at radius 1 is 1.26 bits per heavy atom. The van der Waals surface area contributed by atoms with Crippen molar-refractivity contribution in [3.63, 3.8) is 0 Å². The van der Waals surface area contributed by atoms with E-state index in [1.54, 1.807) is 6.20 Å². The number of ether oxygens (including phenoxy) is 1. The second-order valence-corrected chi connectivity index (χ2v) is 8.66. The molecule has 4 N–H and O–H groups in total. The Kier molecular flexibility index (Phi) is 7.04. The average molecular weight is 424 g/mol. The molecule has 2 heterocycles. The number of aliphatic imine (C=N–C) groups is 1. The van der Waals surface area contributed by atoms with Crippen LogP contribution in [0.25, 0.3) is 0 Å². The normalized spacial score (nSPS) is 22.9. The number of H-pyrrole nitrogens is 1. The van der Waals surface area contributed by atoms with E-state index in [-0.39, 0.29) is 11.4 Å². The first-order valence-electron chi connectivity index (χ1n) is 11.3. The summed E-state index contributed by atoms with van der Waals surface area (Å²) in [5, 5.41) is 3.57. The molecule has 0 unspecified atom stereocenters. The summed E-state index contributed by atoms with van der Waals surface area (Å²) in [6.45, 7) is 6.53. The van der Waals surface area contributed by atoms with Crippen LogP contribution in [0.1, 0.15) is 43.7 Å². The van der Waals surface area contributed by atoms with Gasteiger partial charge in [0.1, 0.15) is 11.4 Å². The van der Waals surface area contributed by atoms with Crippen molar-refractivity contribution in [2.24, 2.45) is 16.6 Å². The molecule has 0 bridgehead atoms. The van der Waals surface area contributed by atoms with Gasteiger partial charge in [0.05, 0.1) is 24.6 Å². The lowest BCUT2D eigenvalue weighted by molar-refractivity contribution is 0.0342. The summed E-state index contributed by atoms with van der Waals surface area (Å²) in [4.78, 5) is 22.4. The van der Waals surface area contributed by atoms with Gasteiger partial charge < -0.3 is 20.8 Å². The van der Waals surface area contributed by atoms with Crippen LogP contribution in [0.2, 0.25) is 0 Å². The predicted molar refractivity (Wildman–Crippen MR) is 125 cm³/mol. The van der Waals surface area contributed by atoms with E-state index in [2.05, 4.69) is 33.2 Å². The zero-order valence-corrected chi connectivity index (χ0v) is 18.3. The number of hydrogen-bond donors (Lipinski definition) is 3. The number of aromatic amines is 1. The van der Waals surface area contributed by atoms with Crippen molar-refractivity contribution < 1.29 is 4.74 Å². The summed E-state index contributed by atoms with van der Waals surface area (Å²) in [5.41, 5.74) is 9.24. The molecular formula is C24H33N5O2. The summed E-state index contributed by atoms with van der Waals surface area (Å²) in [6.07, 6.45) is 6.45. The molecule has 1 saturated heterocycles. The largest absolute Gasteiger partial charge is 0.383 e. The minimum Gasteiger partial charge on any atom is -0.383 e. The topological polar surface area (TPSA) is 95.7 Å². The SMILES string of the molecule is C[C@H]1CCCC[C@@H]1Nc1cc[nH]c(=O)c1C(N)=Nc1cccc(CN2CCOCC2)c1. The first-order valence-corrected chi connectivity index (χ1v) is 11.3. The summed E-state index contributed by atoms with van der Waals surface area (Å²) >= 11 is 0. The van der Waals surface area contributed by atoms with Gasteiger partial charge in [-0.25, -0.2) is 4.99 Å². The summed E-state index contributed by atoms with van der Waals surface area (Å²) in [5.74, 6) is 0.798. The molecule has 1 aliphatic carbocycles. The highest BCUT2D eigenvalue weighted by Crippen LogP contribution is 2.27. The maximum Gasteiger partial charge on any atom is 0.261 e. The molecule has 2 aromatic rings. The van der Waals surface area contributed by atoms with Gasteiger partial charge >= 0.3 is 0 Å². The zero-order chi connectivity index (χ0) is 21.6. The molecule has 7 heteroatoms. The highest BCUT2D eigenvalue weighted by Gasteiger charge is 2.23. The van der Waals surface area contributed by atoms with Crippen LogP contribution in [0.5, 0.6) is 0 Å². The van der Waals surface area contributed by atoms with Gasteiger partial charge in [-0.1, -0.05) is 31.9 Å². The van der Waals surface area contributed by atoms with Crippen LogP contribution in [-0.2, 0) is 11.3 Å². The minimum atomic E-state index is -0.223. The number of morpholine rings is 1. The lowest BCUT2D eigenvalue weighted by atomic mass is 9.85. The number of aromatic nitrogens is 1. The van der Waals surface area contributed by atoms with E-state index >= 15 is 0 Å². The van der Waals surface area contributed by atoms with Gasteiger partial charge in [0.25, 0.3) is 5.56 Å². The van der Waals surface area contributed by atoms with Gasteiger partial charge in [-0.2, -0.15) is 0 Å². The zero-order valence-electron chi connectivity index (χ0n) is 18.3. The van der Waals surface area contributed by atoms with Crippen LogP contribution >= 0.6 is 0 Å². The second-order valence-electron chi connectivity index (χ2n) is 8.66. The van der Waals surface area contributed by atoms with Crippen molar-refractivity contribution in [3.8, 4) is 0 Å². The van der Waals surface area contributed by atoms with E-state index < -0.39 is 0 Å². The van der Waals surface area contributed by atoms with E-state index in [1.165, 1.54) is 24.8 Å². The van der Waals surface area contributed by atoms with E-state index in [0.29, 0.717) is 17.5 Å². The number of nitrogens with zero attached hydrogens (tertiary/aromatic N) is 2. The standard InChI is InChI=1S/C24H33N5O2/c1-17-5-2-3-8-20(17)28-21-9-10-26-24(30)22(21)23(25)27-19-7-4-6-18(15-19)16-29-11-13-31-14-12-29/h4,6-7,9-10,15,17,20H,2-3,5,8,11-14,16H2,1H3,(H2,25,27)(H2,26,28,30)/t17-,20-/m0/s1. The lowest BCUT2D eigenvalue weighted by Gasteiger charge is -2.30. The van der Waals surface area contributed by atoms with Crippen molar-refractivity contribution in [2.45, 2.75) is 45.2 Å². The number of benzene rings is 1. The first-order chi connectivity index (χ1) is 15.1. The summed E-state index contributed by atoms with van der Waals surface area (Å²) < 4.78 is 5.43. The molecule has 1 aromatic heterocycles. The molecule has 166 valence electrons. The molecule has 7 nitrogen and oxygen atoms in total. The first kappa shape index (κ1) is 21.6. The second kappa shape index (κ2) is 10.1.